The molecular weight excluding hydrogens is 180 g/mol. The predicted octanol–water partition coefficient (Wildman–Crippen LogP) is 2.24. The topological polar surface area (TPSA) is 9.23 Å². The molecule has 9 heavy (non-hydrogen) atoms. The SMILES string of the molecule is CC(Br)C1C=CC=CO1. The first-order valence-electron chi connectivity index (χ1n) is 2.93. The van der Waals surface area contributed by atoms with Gasteiger partial charge in [-0.25, -0.2) is 0 Å². The Bertz CT molecular complexity index is 138. The van der Waals surface area contributed by atoms with Crippen molar-refractivity contribution in [3.05, 3.63) is 24.5 Å². The van der Waals surface area contributed by atoms with Gasteiger partial charge in [-0.1, -0.05) is 22.0 Å². The summed E-state index contributed by atoms with van der Waals surface area (Å²) in [5.74, 6) is 0. The van der Waals surface area contributed by atoms with E-state index < -0.39 is 0 Å². The quantitative estimate of drug-likeness (QED) is 0.574. The van der Waals surface area contributed by atoms with E-state index in [1.807, 2.05) is 18.2 Å². The van der Waals surface area contributed by atoms with Crippen LogP contribution in [0.1, 0.15) is 6.92 Å². The molecule has 2 unspecified atom stereocenters. The molecule has 1 heterocycles. The van der Waals surface area contributed by atoms with Crippen LogP contribution in [-0.2, 0) is 4.74 Å². The predicted molar refractivity (Wildman–Crippen MR) is 41.5 cm³/mol. The molecule has 2 atom stereocenters. The summed E-state index contributed by atoms with van der Waals surface area (Å²) in [7, 11) is 0. The largest absolute Gasteiger partial charge is 0.493 e. The van der Waals surface area contributed by atoms with Crippen LogP contribution in [0.4, 0.5) is 0 Å². The highest BCUT2D eigenvalue weighted by molar-refractivity contribution is 9.09. The summed E-state index contributed by atoms with van der Waals surface area (Å²) in [6, 6.07) is 0. The third kappa shape index (κ3) is 1.86. The van der Waals surface area contributed by atoms with Crippen molar-refractivity contribution in [3.63, 3.8) is 0 Å². The van der Waals surface area contributed by atoms with Crippen LogP contribution >= 0.6 is 15.9 Å². The highest BCUT2D eigenvalue weighted by atomic mass is 79.9. The number of hydrogen-bond acceptors (Lipinski definition) is 1. The number of alkyl halides is 1. The zero-order valence-corrected chi connectivity index (χ0v) is 6.84. The van der Waals surface area contributed by atoms with Crippen molar-refractivity contribution in [1.29, 1.82) is 0 Å². The summed E-state index contributed by atoms with van der Waals surface area (Å²) >= 11 is 3.43. The Hall–Kier alpha value is -0.240. The van der Waals surface area contributed by atoms with Gasteiger partial charge in [0.1, 0.15) is 6.10 Å². The number of hydrogen-bond donors (Lipinski definition) is 0. The molecule has 1 aliphatic rings. The Kier molecular flexibility index (Phi) is 2.34. The third-order valence-electron chi connectivity index (χ3n) is 1.18. The van der Waals surface area contributed by atoms with Gasteiger partial charge < -0.3 is 4.74 Å². The monoisotopic (exact) mass is 188 g/mol. The van der Waals surface area contributed by atoms with Gasteiger partial charge in [0.2, 0.25) is 0 Å². The average Bonchev–Trinajstić information content (AvgIpc) is 1.90. The Labute approximate surface area is 63.5 Å². The lowest BCUT2D eigenvalue weighted by Gasteiger charge is -2.16. The number of allylic oxidation sites excluding steroid dienone is 2. The van der Waals surface area contributed by atoms with Gasteiger partial charge in [0.05, 0.1) is 11.1 Å². The Morgan fingerprint density at radius 2 is 2.33 bits per heavy atom. The second kappa shape index (κ2) is 3.06. The fourth-order valence-corrected chi connectivity index (χ4v) is 0.963. The zero-order valence-electron chi connectivity index (χ0n) is 5.25. The molecular formula is C7H9BrO. The summed E-state index contributed by atoms with van der Waals surface area (Å²) in [4.78, 5) is 0.388. The van der Waals surface area contributed by atoms with E-state index in [2.05, 4.69) is 22.9 Å². The van der Waals surface area contributed by atoms with Gasteiger partial charge in [-0.05, 0) is 19.1 Å². The molecule has 0 saturated carbocycles. The molecule has 0 saturated heterocycles. The van der Waals surface area contributed by atoms with Gasteiger partial charge in [0.25, 0.3) is 0 Å². The van der Waals surface area contributed by atoms with Crippen molar-refractivity contribution in [1.82, 2.24) is 0 Å². The van der Waals surface area contributed by atoms with Crippen LogP contribution in [0.15, 0.2) is 24.5 Å². The van der Waals surface area contributed by atoms with E-state index in [4.69, 9.17) is 4.74 Å². The summed E-state index contributed by atoms with van der Waals surface area (Å²) < 4.78 is 5.23. The number of rotatable bonds is 1. The van der Waals surface area contributed by atoms with Gasteiger partial charge >= 0.3 is 0 Å². The lowest BCUT2D eigenvalue weighted by Crippen LogP contribution is -2.17. The molecule has 2 heteroatoms. The van der Waals surface area contributed by atoms with Gasteiger partial charge in [0.15, 0.2) is 0 Å². The summed E-state index contributed by atoms with van der Waals surface area (Å²) in [6.45, 7) is 2.06. The van der Waals surface area contributed by atoms with Crippen LogP contribution in [0.3, 0.4) is 0 Å². The molecule has 0 amide bonds. The zero-order chi connectivity index (χ0) is 6.69. The third-order valence-corrected chi connectivity index (χ3v) is 1.70. The molecule has 0 bridgehead atoms. The molecule has 0 spiro atoms. The minimum Gasteiger partial charge on any atom is -0.493 e. The molecule has 0 N–H and O–H groups in total. The summed E-state index contributed by atoms with van der Waals surface area (Å²) in [5.41, 5.74) is 0. The van der Waals surface area contributed by atoms with E-state index in [0.29, 0.717) is 4.83 Å². The van der Waals surface area contributed by atoms with Gasteiger partial charge in [-0.15, -0.1) is 0 Å². The molecule has 0 fully saturated rings. The summed E-state index contributed by atoms with van der Waals surface area (Å²) in [6.07, 6.45) is 7.81. The molecule has 1 aliphatic heterocycles. The maximum Gasteiger partial charge on any atom is 0.128 e. The van der Waals surface area contributed by atoms with Gasteiger partial charge in [-0.2, -0.15) is 0 Å². The van der Waals surface area contributed by atoms with Crippen molar-refractivity contribution in [3.8, 4) is 0 Å². The highest BCUT2D eigenvalue weighted by Gasteiger charge is 2.11. The first-order valence-corrected chi connectivity index (χ1v) is 3.85. The number of ether oxygens (including phenoxy) is 1. The lowest BCUT2D eigenvalue weighted by atomic mass is 10.2. The molecule has 0 aromatic carbocycles. The number of halogens is 1. The van der Waals surface area contributed by atoms with E-state index in [9.17, 15) is 0 Å². The Balaban J connectivity index is 2.46. The second-order valence-electron chi connectivity index (χ2n) is 1.99. The van der Waals surface area contributed by atoms with Crippen LogP contribution in [0, 0.1) is 0 Å². The highest BCUT2D eigenvalue weighted by Crippen LogP contribution is 2.12. The van der Waals surface area contributed by atoms with Crippen molar-refractivity contribution >= 4 is 15.9 Å². The fourth-order valence-electron chi connectivity index (χ4n) is 0.662. The van der Waals surface area contributed by atoms with Gasteiger partial charge in [0, 0.05) is 0 Å². The van der Waals surface area contributed by atoms with Crippen molar-refractivity contribution in [2.45, 2.75) is 17.9 Å². The van der Waals surface area contributed by atoms with Crippen molar-refractivity contribution in [2.24, 2.45) is 0 Å². The van der Waals surface area contributed by atoms with Crippen LogP contribution in [0.5, 0.6) is 0 Å². The molecule has 50 valence electrons. The van der Waals surface area contributed by atoms with Crippen LogP contribution in [0.25, 0.3) is 0 Å². The molecule has 1 nitrogen and oxygen atoms in total. The van der Waals surface area contributed by atoms with Crippen LogP contribution in [-0.4, -0.2) is 10.9 Å². The first kappa shape index (κ1) is 6.87. The average molecular weight is 189 g/mol. The van der Waals surface area contributed by atoms with Gasteiger partial charge in [-0.3, -0.25) is 0 Å². The fraction of sp³-hybridized carbons (Fsp3) is 0.429. The van der Waals surface area contributed by atoms with E-state index in [1.165, 1.54) is 0 Å². The van der Waals surface area contributed by atoms with Crippen LogP contribution in [0.2, 0.25) is 0 Å². The van der Waals surface area contributed by atoms with E-state index in [1.54, 1.807) is 6.26 Å². The first-order chi connectivity index (χ1) is 4.30. The van der Waals surface area contributed by atoms with E-state index >= 15 is 0 Å². The maximum absolute atomic E-state index is 5.23. The minimum absolute atomic E-state index is 0.204. The minimum atomic E-state index is 0.204. The van der Waals surface area contributed by atoms with Crippen molar-refractivity contribution < 1.29 is 4.74 Å². The normalized spacial score (nSPS) is 27.6. The van der Waals surface area contributed by atoms with E-state index in [-0.39, 0.29) is 6.10 Å². The molecule has 0 aliphatic carbocycles. The smallest absolute Gasteiger partial charge is 0.128 e. The molecule has 0 radical (unpaired) electrons. The standard InChI is InChI=1S/C7H9BrO/c1-6(8)7-4-2-3-5-9-7/h2-7H,1H3. The van der Waals surface area contributed by atoms with Crippen molar-refractivity contribution in [2.75, 3.05) is 0 Å². The molecule has 0 aromatic heterocycles. The molecule has 1 rings (SSSR count). The van der Waals surface area contributed by atoms with E-state index in [0.717, 1.165) is 0 Å². The Morgan fingerprint density at radius 1 is 1.56 bits per heavy atom. The molecule has 0 aromatic rings. The Morgan fingerprint density at radius 3 is 2.67 bits per heavy atom. The maximum atomic E-state index is 5.23. The lowest BCUT2D eigenvalue weighted by molar-refractivity contribution is 0.186. The van der Waals surface area contributed by atoms with Crippen LogP contribution < -0.4 is 0 Å². The second-order valence-corrected chi connectivity index (χ2v) is 3.44. The summed E-state index contributed by atoms with van der Waals surface area (Å²) in [5, 5.41) is 0.